The number of hydrogen-bond acceptors (Lipinski definition) is 5. The molecule has 0 spiro atoms. The number of esters is 1. The van der Waals surface area contributed by atoms with Crippen molar-refractivity contribution in [2.24, 2.45) is 0 Å². The van der Waals surface area contributed by atoms with Crippen LogP contribution >= 0.6 is 0 Å². The molecule has 1 aromatic rings. The van der Waals surface area contributed by atoms with E-state index in [4.69, 9.17) is 20.9 Å². The molecular formula is C12H16N2O3. The van der Waals surface area contributed by atoms with E-state index in [1.165, 1.54) is 0 Å². The Morgan fingerprint density at radius 2 is 2.12 bits per heavy atom. The Labute approximate surface area is 100.0 Å². The maximum absolute atomic E-state index is 10.7. The monoisotopic (exact) mass is 236 g/mol. The largest absolute Gasteiger partial charge is 0.491 e. The van der Waals surface area contributed by atoms with Crippen LogP contribution in [0.4, 0.5) is 11.4 Å². The zero-order valence-electron chi connectivity index (χ0n) is 9.52. The average Bonchev–Trinajstić information content (AvgIpc) is 2.33. The lowest BCUT2D eigenvalue weighted by molar-refractivity contribution is -0.137. The molecule has 5 nitrogen and oxygen atoms in total. The highest BCUT2D eigenvalue weighted by atomic mass is 16.5. The molecule has 0 aliphatic heterocycles. The first-order valence-electron chi connectivity index (χ1n) is 5.21. The van der Waals surface area contributed by atoms with Gasteiger partial charge in [0.1, 0.15) is 5.75 Å². The minimum Gasteiger partial charge on any atom is -0.491 e. The van der Waals surface area contributed by atoms with Gasteiger partial charge in [0.05, 0.1) is 24.6 Å². The van der Waals surface area contributed by atoms with Crippen LogP contribution in [0.3, 0.4) is 0 Å². The summed E-state index contributed by atoms with van der Waals surface area (Å²) in [6, 6.07) is 5.20. The van der Waals surface area contributed by atoms with E-state index in [9.17, 15) is 4.79 Å². The fourth-order valence-electron chi connectivity index (χ4n) is 1.16. The predicted octanol–water partition coefficient (Wildman–Crippen LogP) is 1.35. The molecule has 0 aromatic heterocycles. The van der Waals surface area contributed by atoms with Gasteiger partial charge >= 0.3 is 5.97 Å². The first-order chi connectivity index (χ1) is 8.15. The van der Waals surface area contributed by atoms with Gasteiger partial charge in [0.25, 0.3) is 0 Å². The molecule has 0 aliphatic carbocycles. The Bertz CT molecular complexity index is 405. The second-order valence-electron chi connectivity index (χ2n) is 3.33. The van der Waals surface area contributed by atoms with E-state index in [1.54, 1.807) is 18.2 Å². The molecule has 0 bridgehead atoms. The molecule has 0 aliphatic rings. The number of benzene rings is 1. The minimum atomic E-state index is -0.437. The van der Waals surface area contributed by atoms with Crippen LogP contribution in [0, 0.1) is 0 Å². The normalized spacial score (nSPS) is 9.65. The van der Waals surface area contributed by atoms with E-state index in [1.807, 2.05) is 0 Å². The van der Waals surface area contributed by atoms with Crippen molar-refractivity contribution in [1.82, 2.24) is 0 Å². The molecule has 4 N–H and O–H groups in total. The summed E-state index contributed by atoms with van der Waals surface area (Å²) in [5.74, 6) is 0.105. The highest BCUT2D eigenvalue weighted by Crippen LogP contribution is 2.26. The van der Waals surface area contributed by atoms with E-state index in [-0.39, 0.29) is 6.61 Å². The third-order valence-electron chi connectivity index (χ3n) is 2.06. The molecule has 0 fully saturated rings. The minimum absolute atomic E-state index is 0.285. The van der Waals surface area contributed by atoms with Gasteiger partial charge in [0.2, 0.25) is 0 Å². The number of nitrogens with two attached hydrogens (primary N) is 2. The SMILES string of the molecule is C=CC(=O)OCCCOc1cccc(N)c1N. The molecule has 0 radical (unpaired) electrons. The van der Waals surface area contributed by atoms with Crippen LogP contribution in [0.15, 0.2) is 30.9 Å². The molecule has 0 unspecified atom stereocenters. The molecule has 92 valence electrons. The zero-order chi connectivity index (χ0) is 12.7. The number of anilines is 2. The van der Waals surface area contributed by atoms with Crippen LogP contribution in [-0.4, -0.2) is 19.2 Å². The lowest BCUT2D eigenvalue weighted by atomic mass is 10.2. The highest BCUT2D eigenvalue weighted by molar-refractivity contribution is 5.81. The van der Waals surface area contributed by atoms with Gasteiger partial charge < -0.3 is 20.9 Å². The number of nitrogen functional groups attached to an aromatic ring is 2. The van der Waals surface area contributed by atoms with E-state index >= 15 is 0 Å². The third kappa shape index (κ3) is 4.06. The average molecular weight is 236 g/mol. The summed E-state index contributed by atoms with van der Waals surface area (Å²) in [6.45, 7) is 3.98. The maximum atomic E-state index is 10.7. The van der Waals surface area contributed by atoms with Crippen LogP contribution < -0.4 is 16.2 Å². The Balaban J connectivity index is 2.29. The lowest BCUT2D eigenvalue weighted by Crippen LogP contribution is -2.07. The fourth-order valence-corrected chi connectivity index (χ4v) is 1.16. The van der Waals surface area contributed by atoms with Crippen molar-refractivity contribution in [2.45, 2.75) is 6.42 Å². The molecule has 1 aromatic carbocycles. The fraction of sp³-hybridized carbons (Fsp3) is 0.250. The van der Waals surface area contributed by atoms with Gasteiger partial charge in [-0.05, 0) is 12.1 Å². The molecule has 1 rings (SSSR count). The van der Waals surface area contributed by atoms with Crippen LogP contribution in [0.2, 0.25) is 0 Å². The van der Waals surface area contributed by atoms with E-state index in [0.29, 0.717) is 30.2 Å². The number of carbonyl (C=O) groups is 1. The second-order valence-corrected chi connectivity index (χ2v) is 3.33. The molecular weight excluding hydrogens is 220 g/mol. The number of hydrogen-bond donors (Lipinski definition) is 2. The summed E-state index contributed by atoms with van der Waals surface area (Å²) >= 11 is 0. The van der Waals surface area contributed by atoms with E-state index in [2.05, 4.69) is 6.58 Å². The first-order valence-corrected chi connectivity index (χ1v) is 5.21. The van der Waals surface area contributed by atoms with Crippen LogP contribution in [0.5, 0.6) is 5.75 Å². The van der Waals surface area contributed by atoms with Crippen LogP contribution in [0.1, 0.15) is 6.42 Å². The molecule has 0 saturated heterocycles. The molecule has 5 heteroatoms. The quantitative estimate of drug-likeness (QED) is 0.337. The Kier molecular flexibility index (Phi) is 4.87. The van der Waals surface area contributed by atoms with Gasteiger partial charge in [-0.3, -0.25) is 0 Å². The van der Waals surface area contributed by atoms with Gasteiger partial charge in [-0.2, -0.15) is 0 Å². The van der Waals surface area contributed by atoms with Gasteiger partial charge in [-0.15, -0.1) is 0 Å². The van der Waals surface area contributed by atoms with Crippen molar-refractivity contribution in [3.63, 3.8) is 0 Å². The number of rotatable bonds is 6. The first kappa shape index (κ1) is 12.9. The topological polar surface area (TPSA) is 87.6 Å². The van der Waals surface area contributed by atoms with E-state index < -0.39 is 5.97 Å². The van der Waals surface area contributed by atoms with Gasteiger partial charge in [0, 0.05) is 12.5 Å². The smallest absolute Gasteiger partial charge is 0.330 e. The lowest BCUT2D eigenvalue weighted by Gasteiger charge is -2.10. The van der Waals surface area contributed by atoms with E-state index in [0.717, 1.165) is 6.08 Å². The third-order valence-corrected chi connectivity index (χ3v) is 2.06. The Morgan fingerprint density at radius 1 is 1.35 bits per heavy atom. The van der Waals surface area contributed by atoms with Gasteiger partial charge in [0.15, 0.2) is 0 Å². The number of ether oxygens (including phenoxy) is 2. The summed E-state index contributed by atoms with van der Waals surface area (Å²) in [7, 11) is 0. The van der Waals surface area contributed by atoms with Crippen LogP contribution in [0.25, 0.3) is 0 Å². The second kappa shape index (κ2) is 6.42. The van der Waals surface area contributed by atoms with Crippen LogP contribution in [-0.2, 0) is 9.53 Å². The molecule has 0 atom stereocenters. The number of carbonyl (C=O) groups excluding carboxylic acids is 1. The summed E-state index contributed by atoms with van der Waals surface area (Å²) in [5, 5.41) is 0. The summed E-state index contributed by atoms with van der Waals surface area (Å²) in [4.78, 5) is 10.7. The summed E-state index contributed by atoms with van der Waals surface area (Å²) in [5.41, 5.74) is 12.3. The Morgan fingerprint density at radius 3 is 2.82 bits per heavy atom. The highest BCUT2D eigenvalue weighted by Gasteiger charge is 2.03. The van der Waals surface area contributed by atoms with Crippen molar-refractivity contribution in [2.75, 3.05) is 24.7 Å². The summed E-state index contributed by atoms with van der Waals surface area (Å²) < 4.78 is 10.2. The number of para-hydroxylation sites is 1. The predicted molar refractivity (Wildman–Crippen MR) is 66.5 cm³/mol. The molecule has 0 saturated carbocycles. The van der Waals surface area contributed by atoms with Crippen molar-refractivity contribution in [1.29, 1.82) is 0 Å². The summed E-state index contributed by atoms with van der Waals surface area (Å²) in [6.07, 6.45) is 1.70. The Hall–Kier alpha value is -2.17. The van der Waals surface area contributed by atoms with Crippen molar-refractivity contribution >= 4 is 17.3 Å². The van der Waals surface area contributed by atoms with Gasteiger partial charge in [-0.25, -0.2) is 4.79 Å². The molecule has 17 heavy (non-hydrogen) atoms. The van der Waals surface area contributed by atoms with Crippen molar-refractivity contribution in [3.8, 4) is 5.75 Å². The van der Waals surface area contributed by atoms with Crippen molar-refractivity contribution in [3.05, 3.63) is 30.9 Å². The van der Waals surface area contributed by atoms with Gasteiger partial charge in [-0.1, -0.05) is 12.6 Å². The van der Waals surface area contributed by atoms with Crippen molar-refractivity contribution < 1.29 is 14.3 Å². The standard InChI is InChI=1S/C12H16N2O3/c1-2-11(15)17-8-4-7-16-10-6-3-5-9(13)12(10)14/h2-3,5-6H,1,4,7-8,13-14H2. The molecule has 0 amide bonds. The molecule has 0 heterocycles. The zero-order valence-corrected chi connectivity index (χ0v) is 9.52. The maximum Gasteiger partial charge on any atom is 0.330 e.